The van der Waals surface area contributed by atoms with Crippen LogP contribution in [0.25, 0.3) is 11.1 Å². The van der Waals surface area contributed by atoms with E-state index in [1.807, 2.05) is 18.2 Å². The maximum atomic E-state index is 10.7. The maximum Gasteiger partial charge on any atom is 0.119 e. The summed E-state index contributed by atoms with van der Waals surface area (Å²) in [5.74, 6) is 0.390. The first-order valence-electron chi connectivity index (χ1n) is 9.82. The number of rotatable bonds is 7. The number of benzene rings is 3. The van der Waals surface area contributed by atoms with Crippen LogP contribution >= 0.6 is 8.58 Å². The van der Waals surface area contributed by atoms with E-state index in [1.54, 1.807) is 0 Å². The van der Waals surface area contributed by atoms with Crippen molar-refractivity contribution in [1.29, 1.82) is 0 Å². The molecule has 0 radical (unpaired) electrons. The van der Waals surface area contributed by atoms with Crippen LogP contribution < -0.4 is 5.30 Å². The lowest BCUT2D eigenvalue weighted by Crippen LogP contribution is -2.22. The molecule has 3 heteroatoms. The van der Waals surface area contributed by atoms with Crippen LogP contribution in [0.3, 0.4) is 0 Å². The molecule has 0 aromatic heterocycles. The molecule has 0 heterocycles. The minimum atomic E-state index is -0.114. The number of phenolic OH excluding ortho intramolecular Hbond substituents is 1. The Balaban J connectivity index is 2.01. The van der Waals surface area contributed by atoms with Crippen molar-refractivity contribution in [1.82, 2.24) is 4.90 Å². The average molecular weight is 391 g/mol. The molecule has 146 valence electrons. The van der Waals surface area contributed by atoms with Gasteiger partial charge >= 0.3 is 0 Å². The van der Waals surface area contributed by atoms with Crippen molar-refractivity contribution in [3.63, 3.8) is 0 Å². The summed E-state index contributed by atoms with van der Waals surface area (Å²) in [6, 6.07) is 25.1. The van der Waals surface area contributed by atoms with E-state index in [4.69, 9.17) is 0 Å². The SMILES string of the molecule is CCC(C)(Pc1ccccc1CN(C)C)c1cc(-c2ccccc2)ccc1O. The summed E-state index contributed by atoms with van der Waals surface area (Å²) in [5.41, 5.74) is 4.73. The summed E-state index contributed by atoms with van der Waals surface area (Å²) in [5, 5.41) is 12.0. The van der Waals surface area contributed by atoms with Crippen molar-refractivity contribution in [2.75, 3.05) is 14.1 Å². The van der Waals surface area contributed by atoms with Crippen LogP contribution in [0.5, 0.6) is 5.75 Å². The van der Waals surface area contributed by atoms with Gasteiger partial charge in [-0.1, -0.05) is 83.1 Å². The first-order valence-corrected chi connectivity index (χ1v) is 10.8. The Kier molecular flexibility index (Phi) is 6.54. The van der Waals surface area contributed by atoms with E-state index in [1.165, 1.54) is 16.4 Å². The summed E-state index contributed by atoms with van der Waals surface area (Å²) in [4.78, 5) is 2.21. The highest BCUT2D eigenvalue weighted by molar-refractivity contribution is 7.48. The van der Waals surface area contributed by atoms with E-state index in [-0.39, 0.29) is 5.16 Å². The second-order valence-corrected chi connectivity index (χ2v) is 9.70. The molecule has 3 rings (SSSR count). The fourth-order valence-corrected chi connectivity index (χ4v) is 5.16. The van der Waals surface area contributed by atoms with Crippen LogP contribution in [0, 0.1) is 0 Å². The summed E-state index contributed by atoms with van der Waals surface area (Å²) in [6.45, 7) is 5.43. The van der Waals surface area contributed by atoms with Gasteiger partial charge in [0.15, 0.2) is 0 Å². The molecule has 0 saturated heterocycles. The van der Waals surface area contributed by atoms with E-state index in [0.717, 1.165) is 24.1 Å². The zero-order valence-corrected chi connectivity index (χ0v) is 18.2. The lowest BCUT2D eigenvalue weighted by atomic mass is 9.93. The molecule has 0 amide bonds. The van der Waals surface area contributed by atoms with Gasteiger partial charge in [-0.3, -0.25) is 0 Å². The molecule has 2 nitrogen and oxygen atoms in total. The fourth-order valence-electron chi connectivity index (χ4n) is 3.55. The van der Waals surface area contributed by atoms with Crippen LogP contribution in [0.2, 0.25) is 0 Å². The zero-order valence-electron chi connectivity index (χ0n) is 17.2. The molecule has 0 saturated carbocycles. The second-order valence-electron chi connectivity index (χ2n) is 7.80. The van der Waals surface area contributed by atoms with Gasteiger partial charge in [-0.25, -0.2) is 0 Å². The van der Waals surface area contributed by atoms with Gasteiger partial charge in [0, 0.05) is 17.3 Å². The predicted octanol–water partition coefficient (Wildman–Crippen LogP) is 5.75. The highest BCUT2D eigenvalue weighted by atomic mass is 31.1. The number of nitrogens with zero attached hydrogens (tertiary/aromatic N) is 1. The maximum absolute atomic E-state index is 10.7. The topological polar surface area (TPSA) is 23.5 Å². The zero-order chi connectivity index (χ0) is 20.1. The number of phenols is 1. The molecule has 0 aliphatic rings. The van der Waals surface area contributed by atoms with E-state index >= 15 is 0 Å². The molecular weight excluding hydrogens is 361 g/mol. The predicted molar refractivity (Wildman–Crippen MR) is 123 cm³/mol. The van der Waals surface area contributed by atoms with Gasteiger partial charge in [-0.15, -0.1) is 0 Å². The number of aromatic hydroxyl groups is 1. The second kappa shape index (κ2) is 8.90. The molecule has 3 aromatic carbocycles. The monoisotopic (exact) mass is 391 g/mol. The van der Waals surface area contributed by atoms with Crippen molar-refractivity contribution >= 4 is 13.9 Å². The van der Waals surface area contributed by atoms with Gasteiger partial charge < -0.3 is 10.0 Å². The van der Waals surface area contributed by atoms with Crippen molar-refractivity contribution in [3.8, 4) is 16.9 Å². The Hall–Kier alpha value is -2.15. The highest BCUT2D eigenvalue weighted by Gasteiger charge is 2.29. The molecule has 0 bridgehead atoms. The molecule has 0 fully saturated rings. The van der Waals surface area contributed by atoms with Crippen LogP contribution in [-0.4, -0.2) is 24.1 Å². The van der Waals surface area contributed by atoms with Gasteiger partial charge in [0.05, 0.1) is 0 Å². The third-order valence-electron chi connectivity index (χ3n) is 5.32. The third-order valence-corrected chi connectivity index (χ3v) is 7.25. The molecule has 2 atom stereocenters. The van der Waals surface area contributed by atoms with E-state index < -0.39 is 0 Å². The van der Waals surface area contributed by atoms with Crippen molar-refractivity contribution in [2.24, 2.45) is 0 Å². The molecule has 2 unspecified atom stereocenters. The van der Waals surface area contributed by atoms with Crippen LogP contribution in [-0.2, 0) is 11.7 Å². The quantitative estimate of drug-likeness (QED) is 0.518. The van der Waals surface area contributed by atoms with Crippen LogP contribution in [0.4, 0.5) is 0 Å². The summed E-state index contributed by atoms with van der Waals surface area (Å²) in [6.07, 6.45) is 0.966. The Bertz CT molecular complexity index is 923. The van der Waals surface area contributed by atoms with Crippen molar-refractivity contribution in [2.45, 2.75) is 32.0 Å². The Morgan fingerprint density at radius 3 is 2.25 bits per heavy atom. The average Bonchev–Trinajstić information content (AvgIpc) is 2.70. The standard InChI is InChI=1S/C25H30NOP/c1-5-25(2,28-24-14-10-9-13-21(24)18-26(3)4)22-17-20(15-16-23(22)27)19-11-7-6-8-12-19/h6-17,27-28H,5,18H2,1-4H3. The van der Waals surface area contributed by atoms with Crippen LogP contribution in [0.1, 0.15) is 31.4 Å². The van der Waals surface area contributed by atoms with E-state index in [0.29, 0.717) is 14.3 Å². The largest absolute Gasteiger partial charge is 0.508 e. The first-order chi connectivity index (χ1) is 13.4. The molecule has 0 spiro atoms. The lowest BCUT2D eigenvalue weighted by Gasteiger charge is -2.31. The number of hydrogen-bond donors (Lipinski definition) is 1. The first kappa shape index (κ1) is 20.6. The van der Waals surface area contributed by atoms with Gasteiger partial charge in [0.2, 0.25) is 0 Å². The minimum absolute atomic E-state index is 0.114. The molecule has 0 aliphatic heterocycles. The van der Waals surface area contributed by atoms with Crippen molar-refractivity contribution < 1.29 is 5.11 Å². The molecule has 1 N–H and O–H groups in total. The van der Waals surface area contributed by atoms with Gasteiger partial charge in [-0.2, -0.15) is 0 Å². The highest BCUT2D eigenvalue weighted by Crippen LogP contribution is 2.48. The lowest BCUT2D eigenvalue weighted by molar-refractivity contribution is 0.403. The molecule has 28 heavy (non-hydrogen) atoms. The van der Waals surface area contributed by atoms with Crippen molar-refractivity contribution in [3.05, 3.63) is 83.9 Å². The van der Waals surface area contributed by atoms with Gasteiger partial charge in [-0.05, 0) is 54.6 Å². The van der Waals surface area contributed by atoms with Gasteiger partial charge in [0.25, 0.3) is 0 Å². The normalized spacial score (nSPS) is 13.9. The number of hydrogen-bond acceptors (Lipinski definition) is 2. The smallest absolute Gasteiger partial charge is 0.119 e. The summed E-state index contributed by atoms with van der Waals surface area (Å²) < 4.78 is 0. The summed E-state index contributed by atoms with van der Waals surface area (Å²) in [7, 11) is 4.80. The summed E-state index contributed by atoms with van der Waals surface area (Å²) >= 11 is 0. The van der Waals surface area contributed by atoms with E-state index in [2.05, 4.69) is 87.4 Å². The van der Waals surface area contributed by atoms with Crippen LogP contribution in [0.15, 0.2) is 72.8 Å². The Morgan fingerprint density at radius 2 is 1.57 bits per heavy atom. The Labute approximate surface area is 171 Å². The van der Waals surface area contributed by atoms with E-state index in [9.17, 15) is 5.11 Å². The molecule has 3 aromatic rings. The van der Waals surface area contributed by atoms with Gasteiger partial charge in [0.1, 0.15) is 5.75 Å². The third kappa shape index (κ3) is 4.63. The molecular formula is C25H30NOP. The molecule has 0 aliphatic carbocycles. The minimum Gasteiger partial charge on any atom is -0.508 e. The fraction of sp³-hybridized carbons (Fsp3) is 0.280. The Morgan fingerprint density at radius 1 is 0.893 bits per heavy atom.